The lowest BCUT2D eigenvalue weighted by atomic mass is 10.2. The first kappa shape index (κ1) is 20.3. The quantitative estimate of drug-likeness (QED) is 0.345. The molecule has 2 rings (SSSR count). The van der Waals surface area contributed by atoms with Crippen molar-refractivity contribution in [3.8, 4) is 5.75 Å². The average Bonchev–Trinajstić information content (AvgIpc) is 3.26. The molecular weight excluding hydrogens is 440 g/mol. The van der Waals surface area contributed by atoms with Gasteiger partial charge < -0.3 is 21.1 Å². The number of carbonyl (C=O) groups is 1. The highest BCUT2D eigenvalue weighted by molar-refractivity contribution is 14.0. The summed E-state index contributed by atoms with van der Waals surface area (Å²) in [6.07, 6.45) is -2.71. The van der Waals surface area contributed by atoms with Crippen LogP contribution in [0.1, 0.15) is 18.4 Å². The summed E-state index contributed by atoms with van der Waals surface area (Å²) in [6, 6.07) is 5.59. The number of aliphatic imine (C=N–C) groups is 1. The van der Waals surface area contributed by atoms with Crippen LogP contribution in [0.2, 0.25) is 0 Å². The molecule has 0 atom stereocenters. The van der Waals surface area contributed by atoms with Crippen molar-refractivity contribution in [1.82, 2.24) is 10.6 Å². The van der Waals surface area contributed by atoms with Crippen molar-refractivity contribution in [1.29, 1.82) is 0 Å². The summed E-state index contributed by atoms with van der Waals surface area (Å²) in [5.41, 5.74) is 6.27. The lowest BCUT2D eigenvalue weighted by molar-refractivity contribution is -0.274. The number of nitrogens with two attached hydrogens (primary N) is 1. The van der Waals surface area contributed by atoms with Crippen LogP contribution < -0.4 is 21.1 Å². The Hall–Kier alpha value is -1.72. The summed E-state index contributed by atoms with van der Waals surface area (Å²) < 4.78 is 39.8. The first-order valence-electron chi connectivity index (χ1n) is 7.00. The molecule has 1 amide bonds. The van der Waals surface area contributed by atoms with Gasteiger partial charge in [0.15, 0.2) is 5.96 Å². The van der Waals surface area contributed by atoms with Crippen LogP contribution in [0, 0.1) is 0 Å². The summed E-state index contributed by atoms with van der Waals surface area (Å²) in [5, 5.41) is 5.46. The van der Waals surface area contributed by atoms with Crippen LogP contribution in [0.4, 0.5) is 13.2 Å². The number of hydrogen-bond donors (Lipinski definition) is 3. The van der Waals surface area contributed by atoms with E-state index in [4.69, 9.17) is 5.73 Å². The van der Waals surface area contributed by atoms with Gasteiger partial charge in [0.1, 0.15) is 5.75 Å². The van der Waals surface area contributed by atoms with E-state index in [0.29, 0.717) is 5.56 Å². The Balaban J connectivity index is 0.00000288. The smallest absolute Gasteiger partial charge is 0.406 e. The number of rotatable bonds is 6. The molecule has 4 N–H and O–H groups in total. The number of ether oxygens (including phenoxy) is 1. The molecule has 0 aliphatic heterocycles. The fraction of sp³-hybridized carbons (Fsp3) is 0.429. The molecule has 10 heteroatoms. The van der Waals surface area contributed by atoms with E-state index in [1.165, 1.54) is 24.3 Å². The molecular formula is C14H18F3IN4O2. The number of alkyl halides is 3. The highest BCUT2D eigenvalue weighted by atomic mass is 127. The maximum atomic E-state index is 12.0. The van der Waals surface area contributed by atoms with Gasteiger partial charge in [0.2, 0.25) is 5.91 Å². The molecule has 24 heavy (non-hydrogen) atoms. The van der Waals surface area contributed by atoms with Crippen molar-refractivity contribution in [2.45, 2.75) is 31.8 Å². The molecule has 0 unspecified atom stereocenters. The molecule has 1 aliphatic carbocycles. The normalized spacial score (nSPS) is 14.5. The number of hydrogen-bond acceptors (Lipinski definition) is 3. The van der Waals surface area contributed by atoms with Gasteiger partial charge in [-0.25, -0.2) is 4.99 Å². The van der Waals surface area contributed by atoms with E-state index in [9.17, 15) is 18.0 Å². The second-order valence-electron chi connectivity index (χ2n) is 5.09. The molecule has 0 heterocycles. The van der Waals surface area contributed by atoms with Gasteiger partial charge in [-0.15, -0.1) is 37.1 Å². The number of nitrogens with zero attached hydrogens (tertiary/aromatic N) is 1. The fourth-order valence-electron chi connectivity index (χ4n) is 1.71. The summed E-state index contributed by atoms with van der Waals surface area (Å²) in [7, 11) is 0. The maximum Gasteiger partial charge on any atom is 0.573 e. The first-order valence-corrected chi connectivity index (χ1v) is 7.00. The van der Waals surface area contributed by atoms with Gasteiger partial charge in [-0.3, -0.25) is 4.79 Å². The predicted octanol–water partition coefficient (Wildman–Crippen LogP) is 1.89. The zero-order chi connectivity index (χ0) is 16.9. The standard InChI is InChI=1S/C14H17F3N4O2.HI/c15-14(16,17)23-11-5-1-9(2-6-11)7-19-13(18)20-8-12(22)21-10-3-4-10;/h1-2,5-6,10H,3-4,7-8H2,(H,21,22)(H3,18,19,20);1H. The van der Waals surface area contributed by atoms with E-state index in [1.807, 2.05) is 0 Å². The molecule has 0 saturated heterocycles. The molecule has 0 radical (unpaired) electrons. The summed E-state index contributed by atoms with van der Waals surface area (Å²) in [5.74, 6) is -0.362. The van der Waals surface area contributed by atoms with Crippen molar-refractivity contribution >= 4 is 35.8 Å². The maximum absolute atomic E-state index is 12.0. The molecule has 1 saturated carbocycles. The van der Waals surface area contributed by atoms with Crippen molar-refractivity contribution in [2.24, 2.45) is 10.7 Å². The van der Waals surface area contributed by atoms with Crippen molar-refractivity contribution < 1.29 is 22.7 Å². The number of benzene rings is 1. The van der Waals surface area contributed by atoms with E-state index in [0.717, 1.165) is 12.8 Å². The van der Waals surface area contributed by atoms with Gasteiger partial charge in [0.25, 0.3) is 0 Å². The van der Waals surface area contributed by atoms with Crippen LogP contribution in [0.3, 0.4) is 0 Å². The van der Waals surface area contributed by atoms with Crippen LogP contribution in [0.25, 0.3) is 0 Å². The summed E-state index contributed by atoms with van der Waals surface area (Å²) in [4.78, 5) is 15.4. The van der Waals surface area contributed by atoms with Crippen LogP contribution in [-0.2, 0) is 11.3 Å². The predicted molar refractivity (Wildman–Crippen MR) is 93.0 cm³/mol. The molecule has 0 bridgehead atoms. The number of guanidine groups is 1. The van der Waals surface area contributed by atoms with Crippen molar-refractivity contribution in [3.63, 3.8) is 0 Å². The van der Waals surface area contributed by atoms with Crippen molar-refractivity contribution in [2.75, 3.05) is 6.54 Å². The zero-order valence-corrected chi connectivity index (χ0v) is 14.9. The second-order valence-corrected chi connectivity index (χ2v) is 5.09. The summed E-state index contributed by atoms with van der Waals surface area (Å²) >= 11 is 0. The van der Waals surface area contributed by atoms with E-state index >= 15 is 0 Å². The third kappa shape index (κ3) is 8.22. The Bertz CT molecular complexity index is 574. The number of nitrogens with one attached hydrogen (secondary N) is 2. The largest absolute Gasteiger partial charge is 0.573 e. The minimum atomic E-state index is -4.71. The minimum absolute atomic E-state index is 0. The molecule has 1 aliphatic rings. The van der Waals surface area contributed by atoms with Gasteiger partial charge in [-0.2, -0.15) is 0 Å². The molecule has 0 aromatic heterocycles. The summed E-state index contributed by atoms with van der Waals surface area (Å²) in [6.45, 7) is 0.208. The van der Waals surface area contributed by atoms with Crippen LogP contribution >= 0.6 is 24.0 Å². The molecule has 1 aromatic carbocycles. The van der Waals surface area contributed by atoms with Gasteiger partial charge >= 0.3 is 6.36 Å². The third-order valence-electron chi connectivity index (χ3n) is 2.96. The molecule has 1 fully saturated rings. The topological polar surface area (TPSA) is 88.7 Å². The van der Waals surface area contributed by atoms with Crippen LogP contribution in [-0.4, -0.2) is 30.8 Å². The Morgan fingerprint density at radius 3 is 2.46 bits per heavy atom. The van der Waals surface area contributed by atoms with Crippen LogP contribution in [0.15, 0.2) is 29.3 Å². The van der Waals surface area contributed by atoms with Gasteiger partial charge in [-0.05, 0) is 30.5 Å². The second kappa shape index (κ2) is 8.94. The first-order chi connectivity index (χ1) is 10.8. The molecule has 1 aromatic rings. The Morgan fingerprint density at radius 2 is 1.92 bits per heavy atom. The Kier molecular flexibility index (Phi) is 7.58. The van der Waals surface area contributed by atoms with E-state index in [1.54, 1.807) is 0 Å². The Morgan fingerprint density at radius 1 is 1.29 bits per heavy atom. The molecule has 134 valence electrons. The lowest BCUT2D eigenvalue weighted by Gasteiger charge is -2.09. The minimum Gasteiger partial charge on any atom is -0.406 e. The number of halogens is 4. The third-order valence-corrected chi connectivity index (χ3v) is 2.96. The SMILES string of the molecule is I.NC(=NCc1ccc(OC(F)(F)F)cc1)NCC(=O)NC1CC1. The van der Waals surface area contributed by atoms with Gasteiger partial charge in [-0.1, -0.05) is 12.1 Å². The van der Waals surface area contributed by atoms with E-state index < -0.39 is 6.36 Å². The van der Waals surface area contributed by atoms with Crippen LogP contribution in [0.5, 0.6) is 5.75 Å². The fourth-order valence-corrected chi connectivity index (χ4v) is 1.71. The number of amides is 1. The lowest BCUT2D eigenvalue weighted by Crippen LogP contribution is -2.41. The van der Waals surface area contributed by atoms with Crippen molar-refractivity contribution in [3.05, 3.63) is 29.8 Å². The van der Waals surface area contributed by atoms with E-state index in [-0.39, 0.29) is 60.7 Å². The van der Waals surface area contributed by atoms with Gasteiger partial charge in [0.05, 0.1) is 13.1 Å². The highest BCUT2D eigenvalue weighted by Gasteiger charge is 2.30. The highest BCUT2D eigenvalue weighted by Crippen LogP contribution is 2.22. The zero-order valence-electron chi connectivity index (χ0n) is 12.6. The molecule has 6 nitrogen and oxygen atoms in total. The average molecular weight is 458 g/mol. The number of carbonyl (C=O) groups excluding carboxylic acids is 1. The monoisotopic (exact) mass is 458 g/mol. The van der Waals surface area contributed by atoms with E-state index in [2.05, 4.69) is 20.4 Å². The van der Waals surface area contributed by atoms with Gasteiger partial charge in [0, 0.05) is 6.04 Å². The Labute approximate surface area is 154 Å². The molecule has 0 spiro atoms.